The predicted molar refractivity (Wildman–Crippen MR) is 60.9 cm³/mol. The van der Waals surface area contributed by atoms with Gasteiger partial charge in [0.2, 0.25) is 0 Å². The minimum atomic E-state index is -0.611. The molecule has 0 saturated carbocycles. The first-order valence-electron chi connectivity index (χ1n) is 4.93. The van der Waals surface area contributed by atoms with E-state index in [0.29, 0.717) is 5.92 Å². The second-order valence-electron chi connectivity index (χ2n) is 3.89. The maximum absolute atomic E-state index is 10.1. The zero-order chi connectivity index (χ0) is 11.0. The van der Waals surface area contributed by atoms with Gasteiger partial charge in [0.25, 0.3) is 0 Å². The number of piperidine rings is 1. The predicted octanol–water partition coefficient (Wildman–Crippen LogP) is 0.912. The van der Waals surface area contributed by atoms with Crippen molar-refractivity contribution < 1.29 is 9.00 Å². The molecule has 0 aliphatic carbocycles. The zero-order valence-electron chi connectivity index (χ0n) is 9.36. The molecule has 0 bridgehead atoms. The molecule has 0 N–H and O–H groups in total. The van der Waals surface area contributed by atoms with E-state index in [1.165, 1.54) is 25.9 Å². The molecule has 14 heavy (non-hydrogen) atoms. The van der Waals surface area contributed by atoms with Crippen LogP contribution < -0.4 is 0 Å². The summed E-state index contributed by atoms with van der Waals surface area (Å²) in [6.45, 7) is 2.33. The smallest absolute Gasteiger partial charge is 0.120 e. The van der Waals surface area contributed by atoms with E-state index in [-0.39, 0.29) is 0 Å². The highest BCUT2D eigenvalue weighted by atomic mass is 32.2. The highest BCUT2D eigenvalue weighted by Crippen LogP contribution is 2.17. The molecule has 1 fully saturated rings. The van der Waals surface area contributed by atoms with Crippen molar-refractivity contribution in [2.24, 2.45) is 5.92 Å². The van der Waals surface area contributed by atoms with Crippen molar-refractivity contribution in [3.05, 3.63) is 0 Å². The normalized spacial score (nSPS) is 18.9. The van der Waals surface area contributed by atoms with E-state index in [1.54, 1.807) is 12.5 Å². The van der Waals surface area contributed by atoms with Gasteiger partial charge in [-0.05, 0) is 38.9 Å². The average molecular weight is 219 g/mol. The molecule has 0 aromatic carbocycles. The summed E-state index contributed by atoms with van der Waals surface area (Å²) in [5.41, 5.74) is 0. The summed E-state index contributed by atoms with van der Waals surface area (Å²) in [6.07, 6.45) is 7.51. The Hall–Kier alpha value is -0.220. The molecule has 1 rings (SSSR count). The van der Waals surface area contributed by atoms with Crippen molar-refractivity contribution in [3.8, 4) is 0 Å². The third kappa shape index (κ3) is 8.38. The largest absolute Gasteiger partial charge is 0.306 e. The Bertz CT molecular complexity index is 173. The second kappa shape index (κ2) is 8.12. The molecule has 0 aromatic rings. The first-order valence-corrected chi connectivity index (χ1v) is 6.90. The van der Waals surface area contributed by atoms with E-state index in [4.69, 9.17) is 0 Å². The summed E-state index contributed by atoms with van der Waals surface area (Å²) in [6, 6.07) is 0. The van der Waals surface area contributed by atoms with Gasteiger partial charge < -0.3 is 9.69 Å². The summed E-state index contributed by atoms with van der Waals surface area (Å²) >= 11 is 0. The number of hydrogen-bond acceptors (Lipinski definition) is 3. The zero-order valence-corrected chi connectivity index (χ0v) is 10.2. The molecular formula is C10H21NO2S. The first-order chi connectivity index (χ1) is 6.56. The Labute approximate surface area is 89.3 Å². The number of aldehydes is 1. The van der Waals surface area contributed by atoms with E-state index >= 15 is 0 Å². The van der Waals surface area contributed by atoms with Crippen LogP contribution in [-0.4, -0.2) is 48.0 Å². The molecular weight excluding hydrogens is 198 g/mol. The van der Waals surface area contributed by atoms with Crippen molar-refractivity contribution in [1.82, 2.24) is 4.90 Å². The van der Waals surface area contributed by atoms with Crippen molar-refractivity contribution >= 4 is 17.1 Å². The van der Waals surface area contributed by atoms with Crippen LogP contribution in [-0.2, 0) is 15.6 Å². The van der Waals surface area contributed by atoms with Gasteiger partial charge in [0, 0.05) is 29.7 Å². The number of carbonyl (C=O) groups is 1. The Morgan fingerprint density at radius 1 is 1.36 bits per heavy atom. The maximum atomic E-state index is 10.1. The molecule has 84 valence electrons. The van der Waals surface area contributed by atoms with Gasteiger partial charge in [0.15, 0.2) is 0 Å². The Kier molecular flexibility index (Phi) is 7.99. The van der Waals surface area contributed by atoms with Crippen LogP contribution in [0.25, 0.3) is 0 Å². The minimum absolute atomic E-state index is 0.611. The summed E-state index contributed by atoms with van der Waals surface area (Å²) in [5, 5.41) is 0. The third-order valence-electron chi connectivity index (χ3n) is 2.27. The summed E-state index contributed by atoms with van der Waals surface area (Å²) in [4.78, 5) is 12.5. The molecule has 1 heterocycles. The number of hydrogen-bond donors (Lipinski definition) is 0. The SMILES string of the molecule is CN1CCC(CC=O)CC1.CS(C)=O. The number of rotatable bonds is 2. The van der Waals surface area contributed by atoms with E-state index in [9.17, 15) is 9.00 Å². The quantitative estimate of drug-likeness (QED) is 0.648. The average Bonchev–Trinajstić information content (AvgIpc) is 2.08. The van der Waals surface area contributed by atoms with E-state index in [0.717, 1.165) is 12.7 Å². The molecule has 0 amide bonds. The fourth-order valence-corrected chi connectivity index (χ4v) is 1.43. The summed E-state index contributed by atoms with van der Waals surface area (Å²) in [5.74, 6) is 0.675. The van der Waals surface area contributed by atoms with Gasteiger partial charge in [-0.3, -0.25) is 4.21 Å². The number of carbonyl (C=O) groups excluding carboxylic acids is 1. The van der Waals surface area contributed by atoms with Crippen molar-refractivity contribution in [2.45, 2.75) is 19.3 Å². The van der Waals surface area contributed by atoms with Gasteiger partial charge in [0.05, 0.1) is 0 Å². The topological polar surface area (TPSA) is 37.4 Å². The van der Waals surface area contributed by atoms with Crippen LogP contribution in [0, 0.1) is 5.92 Å². The van der Waals surface area contributed by atoms with Gasteiger partial charge in [-0.2, -0.15) is 0 Å². The van der Waals surface area contributed by atoms with Crippen molar-refractivity contribution in [2.75, 3.05) is 32.6 Å². The Morgan fingerprint density at radius 2 is 1.79 bits per heavy atom. The number of nitrogens with zero attached hydrogens (tertiary/aromatic N) is 1. The lowest BCUT2D eigenvalue weighted by Crippen LogP contribution is -2.30. The van der Waals surface area contributed by atoms with E-state index in [1.807, 2.05) is 0 Å². The first kappa shape index (κ1) is 13.8. The highest BCUT2D eigenvalue weighted by Gasteiger charge is 2.15. The van der Waals surface area contributed by atoms with Crippen LogP contribution >= 0.6 is 0 Å². The van der Waals surface area contributed by atoms with Crippen LogP contribution in [0.2, 0.25) is 0 Å². The van der Waals surface area contributed by atoms with Gasteiger partial charge in [-0.1, -0.05) is 0 Å². The molecule has 1 aliphatic rings. The number of likely N-dealkylation sites (tertiary alicyclic amines) is 1. The molecule has 0 unspecified atom stereocenters. The molecule has 0 radical (unpaired) electrons. The Balaban J connectivity index is 0.000000364. The van der Waals surface area contributed by atoms with E-state index in [2.05, 4.69) is 11.9 Å². The van der Waals surface area contributed by atoms with Crippen LogP contribution in [0.15, 0.2) is 0 Å². The van der Waals surface area contributed by atoms with Crippen molar-refractivity contribution in [3.63, 3.8) is 0 Å². The molecule has 4 heteroatoms. The van der Waals surface area contributed by atoms with Crippen LogP contribution in [0.3, 0.4) is 0 Å². The molecule has 0 atom stereocenters. The fraction of sp³-hybridized carbons (Fsp3) is 0.900. The van der Waals surface area contributed by atoms with Crippen molar-refractivity contribution in [1.29, 1.82) is 0 Å². The lowest BCUT2D eigenvalue weighted by Gasteiger charge is -2.27. The lowest BCUT2D eigenvalue weighted by atomic mass is 9.95. The minimum Gasteiger partial charge on any atom is -0.306 e. The van der Waals surface area contributed by atoms with Gasteiger partial charge in [-0.25, -0.2) is 0 Å². The van der Waals surface area contributed by atoms with Gasteiger partial charge in [0.1, 0.15) is 6.29 Å². The third-order valence-corrected chi connectivity index (χ3v) is 2.27. The van der Waals surface area contributed by atoms with Crippen LogP contribution in [0.1, 0.15) is 19.3 Å². The highest BCUT2D eigenvalue weighted by molar-refractivity contribution is 7.83. The van der Waals surface area contributed by atoms with Crippen LogP contribution in [0.5, 0.6) is 0 Å². The Morgan fingerprint density at radius 3 is 2.14 bits per heavy atom. The summed E-state index contributed by atoms with van der Waals surface area (Å²) < 4.78 is 9.56. The van der Waals surface area contributed by atoms with Crippen LogP contribution in [0.4, 0.5) is 0 Å². The molecule has 1 aliphatic heterocycles. The second-order valence-corrected chi connectivity index (χ2v) is 5.37. The fourth-order valence-electron chi connectivity index (χ4n) is 1.43. The van der Waals surface area contributed by atoms with Gasteiger partial charge >= 0.3 is 0 Å². The molecule has 3 nitrogen and oxygen atoms in total. The molecule has 1 saturated heterocycles. The monoisotopic (exact) mass is 219 g/mol. The summed E-state index contributed by atoms with van der Waals surface area (Å²) in [7, 11) is 1.52. The molecule has 0 spiro atoms. The molecule has 0 aromatic heterocycles. The van der Waals surface area contributed by atoms with E-state index < -0.39 is 10.8 Å². The van der Waals surface area contributed by atoms with Gasteiger partial charge in [-0.15, -0.1) is 0 Å². The standard InChI is InChI=1S/C8H15NO.C2H6OS/c1-9-5-2-8(3-6-9)4-7-10;1-4(2)3/h7-8H,2-6H2,1H3;1-2H3. The maximum Gasteiger partial charge on any atom is 0.120 e. The lowest BCUT2D eigenvalue weighted by molar-refractivity contribution is -0.108.